The van der Waals surface area contributed by atoms with Crippen LogP contribution in [0.5, 0.6) is 11.5 Å². The first-order valence-electron chi connectivity index (χ1n) is 18.2. The van der Waals surface area contributed by atoms with Crippen molar-refractivity contribution in [2.75, 3.05) is 62.6 Å². The summed E-state index contributed by atoms with van der Waals surface area (Å²) in [5.74, 6) is 0.419. The molecule has 2 aliphatic heterocycles. The van der Waals surface area contributed by atoms with Crippen LogP contribution in [0.15, 0.2) is 66.9 Å². The number of hydrogen-bond acceptors (Lipinski definition) is 9. The number of hydrogen-bond donors (Lipinski definition) is 3. The van der Waals surface area contributed by atoms with Gasteiger partial charge in [-0.05, 0) is 66.8 Å². The summed E-state index contributed by atoms with van der Waals surface area (Å²) in [6.45, 7) is 6.30. The van der Waals surface area contributed by atoms with Crippen LogP contribution >= 0.6 is 0 Å². The van der Waals surface area contributed by atoms with E-state index in [1.54, 1.807) is 48.1 Å². The predicted molar refractivity (Wildman–Crippen MR) is 208 cm³/mol. The molecule has 0 spiro atoms. The number of ether oxygens (including phenoxy) is 2. The molecule has 6 rings (SSSR count). The number of para-hydroxylation sites is 1. The Morgan fingerprint density at radius 3 is 2.56 bits per heavy atom. The average molecular weight is 736 g/mol. The number of ketones is 1. The molecule has 3 amide bonds. The van der Waals surface area contributed by atoms with E-state index in [1.807, 2.05) is 43.3 Å². The molecule has 0 saturated heterocycles. The molecule has 0 unspecified atom stereocenters. The lowest BCUT2D eigenvalue weighted by Crippen LogP contribution is -2.41. The maximum Gasteiger partial charge on any atom is 0.267 e. The zero-order valence-corrected chi connectivity index (χ0v) is 31.8. The first-order chi connectivity index (χ1) is 25.9. The Morgan fingerprint density at radius 2 is 1.78 bits per heavy atom. The number of nitrogens with zero attached hydrogens (tertiary/aromatic N) is 4. The van der Waals surface area contributed by atoms with Crippen molar-refractivity contribution in [3.05, 3.63) is 94.9 Å². The maximum absolute atomic E-state index is 13.8. The van der Waals surface area contributed by atoms with Gasteiger partial charge in [0, 0.05) is 64.5 Å². The Balaban J connectivity index is 1.01. The van der Waals surface area contributed by atoms with E-state index in [2.05, 4.69) is 45.7 Å². The molecule has 2 aromatic carbocycles. The third-order valence-corrected chi connectivity index (χ3v) is 9.85. The van der Waals surface area contributed by atoms with E-state index >= 15 is 0 Å². The van der Waals surface area contributed by atoms with E-state index in [-0.39, 0.29) is 65.9 Å². The number of methoxy groups -OCH3 is 1. The first kappa shape index (κ1) is 38.0. The van der Waals surface area contributed by atoms with Gasteiger partial charge in [0.2, 0.25) is 5.91 Å². The zero-order valence-electron chi connectivity index (χ0n) is 31.8. The van der Waals surface area contributed by atoms with Crippen molar-refractivity contribution in [1.82, 2.24) is 20.2 Å². The second-order valence-electron chi connectivity index (χ2n) is 14.8. The first-order valence-corrected chi connectivity index (χ1v) is 18.2. The van der Waals surface area contributed by atoms with E-state index in [1.165, 1.54) is 12.7 Å². The number of likely N-dealkylation sites (N-methyl/N-ethyl adjacent to an activating group) is 1. The van der Waals surface area contributed by atoms with Crippen LogP contribution in [0, 0.1) is 5.41 Å². The fourth-order valence-corrected chi connectivity index (χ4v) is 7.20. The number of benzene rings is 2. The normalized spacial score (nSPS) is 14.9. The summed E-state index contributed by atoms with van der Waals surface area (Å²) >= 11 is 0. The quantitative estimate of drug-likeness (QED) is 0.117. The third kappa shape index (κ3) is 8.41. The lowest BCUT2D eigenvalue weighted by atomic mass is 9.93. The zero-order chi connectivity index (χ0) is 38.6. The number of anilines is 3. The van der Waals surface area contributed by atoms with Crippen LogP contribution in [0.25, 0.3) is 0 Å². The SMILES string of the molecule is CNCC(C)(C)CNC(=O)c1cc(CC(=O)c2cccc(NC(=O)CCCOc3cc4c(cc3OC)C(=O)N3c5ccccc5C[C@H]3CN4C)n2)cn1C. The van der Waals surface area contributed by atoms with Crippen molar-refractivity contribution >= 4 is 40.7 Å². The van der Waals surface area contributed by atoms with Gasteiger partial charge >= 0.3 is 0 Å². The molecule has 0 aliphatic carbocycles. The van der Waals surface area contributed by atoms with Crippen LogP contribution in [0.4, 0.5) is 17.2 Å². The summed E-state index contributed by atoms with van der Waals surface area (Å²) in [6.07, 6.45) is 3.17. The monoisotopic (exact) mass is 735 g/mol. The highest BCUT2D eigenvalue weighted by atomic mass is 16.5. The lowest BCUT2D eigenvalue weighted by Gasteiger charge is -2.25. The minimum atomic E-state index is -0.271. The molecule has 13 heteroatoms. The molecule has 0 radical (unpaired) electrons. The van der Waals surface area contributed by atoms with Gasteiger partial charge in [-0.25, -0.2) is 4.98 Å². The predicted octanol–water partition coefficient (Wildman–Crippen LogP) is 4.65. The largest absolute Gasteiger partial charge is 0.493 e. The Labute approximate surface area is 316 Å². The maximum atomic E-state index is 13.8. The molecular formula is C41H49N7O6. The second kappa shape index (κ2) is 16.1. The van der Waals surface area contributed by atoms with Gasteiger partial charge in [-0.1, -0.05) is 38.1 Å². The average Bonchev–Trinajstić information content (AvgIpc) is 3.68. The van der Waals surface area contributed by atoms with E-state index in [0.29, 0.717) is 47.8 Å². The van der Waals surface area contributed by atoms with Crippen LogP contribution in [0.3, 0.4) is 0 Å². The van der Waals surface area contributed by atoms with Gasteiger partial charge < -0.3 is 39.8 Å². The van der Waals surface area contributed by atoms with Crippen LogP contribution in [0.2, 0.25) is 0 Å². The molecule has 54 heavy (non-hydrogen) atoms. The van der Waals surface area contributed by atoms with Crippen LogP contribution in [0.1, 0.15) is 69.2 Å². The number of fused-ring (bicyclic) bond motifs is 4. The molecule has 3 N–H and O–H groups in total. The number of Topliss-reactive ketones (excluding diaryl/α,β-unsaturated/α-hetero) is 1. The van der Waals surface area contributed by atoms with Gasteiger partial charge in [0.05, 0.1) is 31.0 Å². The molecule has 0 fully saturated rings. The van der Waals surface area contributed by atoms with Gasteiger partial charge in [0.15, 0.2) is 17.3 Å². The van der Waals surface area contributed by atoms with Crippen LogP contribution in [-0.2, 0) is 24.7 Å². The molecule has 4 aromatic rings. The molecule has 4 heterocycles. The van der Waals surface area contributed by atoms with E-state index in [0.717, 1.165) is 24.3 Å². The molecule has 0 bridgehead atoms. The number of pyridine rings is 1. The van der Waals surface area contributed by atoms with E-state index in [9.17, 15) is 19.2 Å². The molecule has 13 nitrogen and oxygen atoms in total. The van der Waals surface area contributed by atoms with Crippen molar-refractivity contribution in [2.24, 2.45) is 12.5 Å². The number of aromatic nitrogens is 2. The second-order valence-corrected chi connectivity index (χ2v) is 14.8. The third-order valence-electron chi connectivity index (χ3n) is 9.85. The highest BCUT2D eigenvalue weighted by molar-refractivity contribution is 6.12. The topological polar surface area (TPSA) is 147 Å². The highest BCUT2D eigenvalue weighted by Gasteiger charge is 2.39. The smallest absolute Gasteiger partial charge is 0.267 e. The molecule has 0 saturated carbocycles. The lowest BCUT2D eigenvalue weighted by molar-refractivity contribution is -0.116. The number of nitrogens with one attached hydrogen (secondary N) is 3. The Hall–Kier alpha value is -5.69. The summed E-state index contributed by atoms with van der Waals surface area (Å²) in [6, 6.07) is 18.3. The summed E-state index contributed by atoms with van der Waals surface area (Å²) in [7, 11) is 7.16. The number of rotatable bonds is 15. The molecule has 284 valence electrons. The number of carbonyl (C=O) groups is 4. The minimum absolute atomic E-state index is 0.0255. The summed E-state index contributed by atoms with van der Waals surface area (Å²) in [5.41, 5.74) is 4.68. The molecule has 2 aliphatic rings. The van der Waals surface area contributed by atoms with Gasteiger partial charge in [0.1, 0.15) is 17.2 Å². The number of carbonyl (C=O) groups excluding carboxylic acids is 4. The van der Waals surface area contributed by atoms with Crippen LogP contribution in [-0.4, -0.2) is 86.5 Å². The van der Waals surface area contributed by atoms with Crippen molar-refractivity contribution in [1.29, 1.82) is 0 Å². The molecule has 2 aromatic heterocycles. The Bertz CT molecular complexity index is 2060. The van der Waals surface area contributed by atoms with Gasteiger partial charge in [-0.3, -0.25) is 19.2 Å². The van der Waals surface area contributed by atoms with Gasteiger partial charge in [-0.2, -0.15) is 0 Å². The van der Waals surface area contributed by atoms with Crippen molar-refractivity contribution in [3.63, 3.8) is 0 Å². The van der Waals surface area contributed by atoms with E-state index in [4.69, 9.17) is 9.47 Å². The Kier molecular flexibility index (Phi) is 11.4. The summed E-state index contributed by atoms with van der Waals surface area (Å²) < 4.78 is 13.4. The van der Waals surface area contributed by atoms with Crippen molar-refractivity contribution in [2.45, 2.75) is 45.6 Å². The molecule has 1 atom stereocenters. The van der Waals surface area contributed by atoms with Gasteiger partial charge in [-0.15, -0.1) is 0 Å². The standard InChI is InChI=1S/C41H49N7O6/c1-41(2,24-42-3)25-43-39(51)33-17-26(22-46(33)4)18-34(49)30-12-9-14-37(44-30)45-38(50)15-10-16-54-36-21-32-29(20-35(36)53-6)40(52)48-28(23-47(32)5)19-27-11-7-8-13-31(27)48/h7-9,11-14,17,20-22,28,42H,10,15-16,18-19,23-25H2,1-6H3,(H,43,51)(H,44,45,50)/t28-/m0/s1. The summed E-state index contributed by atoms with van der Waals surface area (Å²) in [4.78, 5) is 61.1. The highest BCUT2D eigenvalue weighted by Crippen LogP contribution is 2.42. The number of aryl methyl sites for hydroxylation is 1. The fraction of sp³-hybridized carbons (Fsp3) is 0.390. The summed E-state index contributed by atoms with van der Waals surface area (Å²) in [5, 5.41) is 8.89. The fourth-order valence-electron chi connectivity index (χ4n) is 7.20. The Morgan fingerprint density at radius 1 is 0.981 bits per heavy atom. The van der Waals surface area contributed by atoms with Crippen molar-refractivity contribution in [3.8, 4) is 11.5 Å². The minimum Gasteiger partial charge on any atom is -0.493 e. The number of amides is 3. The van der Waals surface area contributed by atoms with E-state index < -0.39 is 0 Å². The van der Waals surface area contributed by atoms with Gasteiger partial charge in [0.25, 0.3) is 11.8 Å². The van der Waals surface area contributed by atoms with Crippen molar-refractivity contribution < 1.29 is 28.7 Å². The molecular weight excluding hydrogens is 686 g/mol. The van der Waals surface area contributed by atoms with Crippen LogP contribution < -0.4 is 35.2 Å².